The van der Waals surface area contributed by atoms with Gasteiger partial charge in [-0.2, -0.15) is 0 Å². The van der Waals surface area contributed by atoms with Gasteiger partial charge in [0.2, 0.25) is 5.82 Å². The van der Waals surface area contributed by atoms with E-state index in [1.165, 1.54) is 0 Å². The third-order valence-corrected chi connectivity index (χ3v) is 3.77. The first-order valence-corrected chi connectivity index (χ1v) is 7.68. The van der Waals surface area contributed by atoms with Gasteiger partial charge in [-0.15, -0.1) is 0 Å². The van der Waals surface area contributed by atoms with Crippen LogP contribution in [0.3, 0.4) is 0 Å². The van der Waals surface area contributed by atoms with Crippen LogP contribution in [-0.2, 0) is 11.2 Å². The SMILES string of the molecule is Cc1cc(CC[C@H]2CN(C(=O)c3ncccn3)CCO2)ncn1. The van der Waals surface area contributed by atoms with Crippen molar-refractivity contribution in [2.24, 2.45) is 0 Å². The average molecular weight is 313 g/mol. The largest absolute Gasteiger partial charge is 0.375 e. The number of hydrogen-bond donors (Lipinski definition) is 0. The van der Waals surface area contributed by atoms with Crippen molar-refractivity contribution < 1.29 is 9.53 Å². The number of carbonyl (C=O) groups is 1. The molecule has 120 valence electrons. The quantitative estimate of drug-likeness (QED) is 0.839. The predicted molar refractivity (Wildman–Crippen MR) is 82.8 cm³/mol. The van der Waals surface area contributed by atoms with Gasteiger partial charge in [0.25, 0.3) is 5.91 Å². The van der Waals surface area contributed by atoms with E-state index in [0.717, 1.165) is 24.2 Å². The van der Waals surface area contributed by atoms with Gasteiger partial charge >= 0.3 is 0 Å². The van der Waals surface area contributed by atoms with Crippen LogP contribution in [0.25, 0.3) is 0 Å². The fourth-order valence-corrected chi connectivity index (χ4v) is 2.58. The zero-order valence-electron chi connectivity index (χ0n) is 13.1. The molecule has 0 radical (unpaired) electrons. The van der Waals surface area contributed by atoms with Crippen LogP contribution in [-0.4, -0.2) is 56.5 Å². The van der Waals surface area contributed by atoms with Crippen molar-refractivity contribution in [1.29, 1.82) is 0 Å². The smallest absolute Gasteiger partial charge is 0.291 e. The Labute approximate surface area is 134 Å². The Bertz CT molecular complexity index is 665. The Morgan fingerprint density at radius 1 is 1.30 bits per heavy atom. The highest BCUT2D eigenvalue weighted by Gasteiger charge is 2.26. The standard InChI is InChI=1S/C16H19N5O2/c1-12-9-13(20-11-19-12)3-4-14-10-21(7-8-23-14)16(22)15-17-5-2-6-18-15/h2,5-6,9,11,14H,3-4,7-8,10H2,1H3/t14-/m0/s1. The Balaban J connectivity index is 1.57. The van der Waals surface area contributed by atoms with E-state index in [-0.39, 0.29) is 17.8 Å². The molecule has 3 rings (SSSR count). The first-order chi connectivity index (χ1) is 11.2. The van der Waals surface area contributed by atoms with E-state index in [1.807, 2.05) is 13.0 Å². The summed E-state index contributed by atoms with van der Waals surface area (Å²) in [6.07, 6.45) is 6.36. The molecule has 1 amide bonds. The van der Waals surface area contributed by atoms with Gasteiger partial charge in [0.05, 0.1) is 12.7 Å². The van der Waals surface area contributed by atoms with Crippen molar-refractivity contribution in [3.63, 3.8) is 0 Å². The van der Waals surface area contributed by atoms with E-state index >= 15 is 0 Å². The van der Waals surface area contributed by atoms with Crippen LogP contribution in [0.5, 0.6) is 0 Å². The summed E-state index contributed by atoms with van der Waals surface area (Å²) in [7, 11) is 0. The Kier molecular flexibility index (Phi) is 4.87. The normalized spacial score (nSPS) is 18.0. The number of morpholine rings is 1. The maximum Gasteiger partial charge on any atom is 0.291 e. The van der Waals surface area contributed by atoms with Gasteiger partial charge in [0.15, 0.2) is 0 Å². The highest BCUT2D eigenvalue weighted by molar-refractivity contribution is 5.90. The molecular formula is C16H19N5O2. The number of aryl methyl sites for hydroxylation is 2. The lowest BCUT2D eigenvalue weighted by molar-refractivity contribution is -0.0250. The van der Waals surface area contributed by atoms with Crippen LogP contribution in [0.4, 0.5) is 0 Å². The van der Waals surface area contributed by atoms with E-state index in [0.29, 0.717) is 19.7 Å². The molecule has 23 heavy (non-hydrogen) atoms. The number of aromatic nitrogens is 4. The number of hydrogen-bond acceptors (Lipinski definition) is 6. The molecule has 2 aromatic heterocycles. The number of nitrogens with zero attached hydrogens (tertiary/aromatic N) is 5. The fourth-order valence-electron chi connectivity index (χ4n) is 2.58. The third kappa shape index (κ3) is 4.07. The third-order valence-electron chi connectivity index (χ3n) is 3.77. The molecule has 0 aromatic carbocycles. The van der Waals surface area contributed by atoms with Gasteiger partial charge in [-0.05, 0) is 31.9 Å². The van der Waals surface area contributed by atoms with Crippen molar-refractivity contribution in [3.8, 4) is 0 Å². The molecule has 0 bridgehead atoms. The summed E-state index contributed by atoms with van der Waals surface area (Å²) in [5, 5.41) is 0. The van der Waals surface area contributed by atoms with Gasteiger partial charge in [-0.25, -0.2) is 19.9 Å². The molecule has 3 heterocycles. The topological polar surface area (TPSA) is 81.1 Å². The molecule has 0 unspecified atom stereocenters. The lowest BCUT2D eigenvalue weighted by atomic mass is 10.1. The Hall–Kier alpha value is -2.41. The molecule has 1 atom stereocenters. The molecule has 1 aliphatic rings. The minimum atomic E-state index is -0.142. The zero-order valence-corrected chi connectivity index (χ0v) is 13.1. The fraction of sp³-hybridized carbons (Fsp3) is 0.438. The maximum absolute atomic E-state index is 12.4. The molecule has 0 N–H and O–H groups in total. The summed E-state index contributed by atoms with van der Waals surface area (Å²) >= 11 is 0. The molecule has 0 spiro atoms. The monoisotopic (exact) mass is 313 g/mol. The molecule has 2 aromatic rings. The van der Waals surface area contributed by atoms with E-state index < -0.39 is 0 Å². The van der Waals surface area contributed by atoms with Crippen molar-refractivity contribution in [3.05, 3.63) is 48.1 Å². The average Bonchev–Trinajstić information content (AvgIpc) is 2.60. The second-order valence-corrected chi connectivity index (χ2v) is 5.51. The van der Waals surface area contributed by atoms with Crippen molar-refractivity contribution in [2.75, 3.05) is 19.7 Å². The van der Waals surface area contributed by atoms with E-state index in [4.69, 9.17) is 4.74 Å². The van der Waals surface area contributed by atoms with Crippen LogP contribution in [0.2, 0.25) is 0 Å². The molecule has 7 nitrogen and oxygen atoms in total. The molecular weight excluding hydrogens is 294 g/mol. The van der Waals surface area contributed by atoms with Gasteiger partial charge in [0, 0.05) is 36.9 Å². The number of amides is 1. The molecule has 0 aliphatic carbocycles. The van der Waals surface area contributed by atoms with E-state index in [2.05, 4.69) is 19.9 Å². The van der Waals surface area contributed by atoms with Crippen molar-refractivity contribution in [1.82, 2.24) is 24.8 Å². The lowest BCUT2D eigenvalue weighted by Crippen LogP contribution is -2.46. The van der Waals surface area contributed by atoms with Crippen LogP contribution in [0, 0.1) is 6.92 Å². The second kappa shape index (κ2) is 7.23. The molecule has 1 saturated heterocycles. The minimum absolute atomic E-state index is 0.00619. The maximum atomic E-state index is 12.4. The minimum Gasteiger partial charge on any atom is -0.375 e. The summed E-state index contributed by atoms with van der Waals surface area (Å²) in [6, 6.07) is 3.67. The highest BCUT2D eigenvalue weighted by Crippen LogP contribution is 2.13. The Morgan fingerprint density at radius 2 is 2.13 bits per heavy atom. The van der Waals surface area contributed by atoms with E-state index in [1.54, 1.807) is 29.7 Å². The summed E-state index contributed by atoms with van der Waals surface area (Å²) in [5.74, 6) is 0.0938. The summed E-state index contributed by atoms with van der Waals surface area (Å²) in [5.41, 5.74) is 1.95. The van der Waals surface area contributed by atoms with Crippen LogP contribution < -0.4 is 0 Å². The first-order valence-electron chi connectivity index (χ1n) is 7.68. The van der Waals surface area contributed by atoms with Crippen LogP contribution in [0.1, 0.15) is 28.4 Å². The van der Waals surface area contributed by atoms with Gasteiger partial charge in [-0.3, -0.25) is 4.79 Å². The van der Waals surface area contributed by atoms with Crippen molar-refractivity contribution >= 4 is 5.91 Å². The van der Waals surface area contributed by atoms with Crippen LogP contribution >= 0.6 is 0 Å². The summed E-state index contributed by atoms with van der Waals surface area (Å²) < 4.78 is 5.77. The molecule has 1 aliphatic heterocycles. The summed E-state index contributed by atoms with van der Waals surface area (Å²) in [4.78, 5) is 30.5. The molecule has 7 heteroatoms. The van der Waals surface area contributed by atoms with Gasteiger partial charge in [0.1, 0.15) is 6.33 Å². The molecule has 0 saturated carbocycles. The van der Waals surface area contributed by atoms with Crippen molar-refractivity contribution in [2.45, 2.75) is 25.9 Å². The van der Waals surface area contributed by atoms with E-state index in [9.17, 15) is 4.79 Å². The Morgan fingerprint density at radius 3 is 2.91 bits per heavy atom. The number of ether oxygens (including phenoxy) is 1. The van der Waals surface area contributed by atoms with Crippen LogP contribution in [0.15, 0.2) is 30.9 Å². The second-order valence-electron chi connectivity index (χ2n) is 5.51. The summed E-state index contributed by atoms with van der Waals surface area (Å²) in [6.45, 7) is 3.61. The van der Waals surface area contributed by atoms with Gasteiger partial charge < -0.3 is 9.64 Å². The molecule has 1 fully saturated rings. The highest BCUT2D eigenvalue weighted by atomic mass is 16.5. The predicted octanol–water partition coefficient (Wildman–Crippen LogP) is 1.05. The first kappa shape index (κ1) is 15.5. The zero-order chi connectivity index (χ0) is 16.1. The van der Waals surface area contributed by atoms with Gasteiger partial charge in [-0.1, -0.05) is 0 Å². The number of carbonyl (C=O) groups excluding carboxylic acids is 1. The lowest BCUT2D eigenvalue weighted by Gasteiger charge is -2.32. The number of rotatable bonds is 4.